The van der Waals surface area contributed by atoms with Gasteiger partial charge in [0.25, 0.3) is 0 Å². The van der Waals surface area contributed by atoms with Crippen molar-refractivity contribution in [3.8, 4) is 0 Å². The fraction of sp³-hybridized carbons (Fsp3) is 0.706. The Hall–Kier alpha value is -1.69. The monoisotopic (exact) mass is 319 g/mol. The van der Waals surface area contributed by atoms with Gasteiger partial charge >= 0.3 is 6.09 Å². The fourth-order valence-electron chi connectivity index (χ4n) is 3.69. The highest BCUT2D eigenvalue weighted by Crippen LogP contribution is 2.45. The average Bonchev–Trinajstić information content (AvgIpc) is 2.71. The van der Waals surface area contributed by atoms with E-state index in [1.165, 1.54) is 0 Å². The molecule has 0 radical (unpaired) electrons. The number of fused-ring (bicyclic) bond motifs is 2. The highest BCUT2D eigenvalue weighted by molar-refractivity contribution is 5.69. The summed E-state index contributed by atoms with van der Waals surface area (Å²) in [5, 5.41) is 19.3. The number of piperidine rings is 1. The molecule has 126 valence electrons. The van der Waals surface area contributed by atoms with Crippen LogP contribution in [0.3, 0.4) is 0 Å². The molecule has 23 heavy (non-hydrogen) atoms. The van der Waals surface area contributed by atoms with Gasteiger partial charge in [-0.25, -0.2) is 4.79 Å². The second-order valence-corrected chi connectivity index (χ2v) is 7.77. The quantitative estimate of drug-likeness (QED) is 0.861. The first-order chi connectivity index (χ1) is 10.7. The number of ether oxygens (including phenoxy) is 1. The molecule has 1 amide bonds. The summed E-state index contributed by atoms with van der Waals surface area (Å²) in [6.07, 6.45) is 2.49. The Bertz CT molecular complexity index is 580. The number of aryl methyl sites for hydroxylation is 1. The van der Waals surface area contributed by atoms with Crippen LogP contribution in [-0.4, -0.2) is 44.0 Å². The molecule has 2 unspecified atom stereocenters. The van der Waals surface area contributed by atoms with Gasteiger partial charge in [0.15, 0.2) is 0 Å². The van der Waals surface area contributed by atoms with Crippen molar-refractivity contribution in [2.24, 2.45) is 0 Å². The zero-order valence-electron chi connectivity index (χ0n) is 14.2. The third-order valence-electron chi connectivity index (χ3n) is 4.65. The fourth-order valence-corrected chi connectivity index (χ4v) is 3.69. The van der Waals surface area contributed by atoms with Crippen LogP contribution in [-0.2, 0) is 10.3 Å². The van der Waals surface area contributed by atoms with Crippen LogP contribution in [0.15, 0.2) is 12.1 Å². The van der Waals surface area contributed by atoms with Crippen molar-refractivity contribution >= 4 is 6.09 Å². The summed E-state index contributed by atoms with van der Waals surface area (Å²) in [6.45, 7) is 7.48. The first-order valence-electron chi connectivity index (χ1n) is 8.22. The van der Waals surface area contributed by atoms with Crippen molar-refractivity contribution in [1.82, 2.24) is 15.1 Å². The minimum absolute atomic E-state index is 0.00305. The smallest absolute Gasteiger partial charge is 0.410 e. The zero-order chi connectivity index (χ0) is 16.8. The average molecular weight is 319 g/mol. The van der Waals surface area contributed by atoms with Gasteiger partial charge < -0.3 is 14.7 Å². The SMILES string of the molecule is Cc1ccc(C2(O)CC3CCC(C2)N3C(=O)OC(C)(C)C)nn1. The van der Waals surface area contributed by atoms with Gasteiger partial charge in [0.1, 0.15) is 11.2 Å². The summed E-state index contributed by atoms with van der Waals surface area (Å²) in [4.78, 5) is 14.3. The van der Waals surface area contributed by atoms with E-state index in [1.54, 1.807) is 0 Å². The Morgan fingerprint density at radius 2 is 1.87 bits per heavy atom. The van der Waals surface area contributed by atoms with E-state index in [4.69, 9.17) is 4.74 Å². The molecule has 2 bridgehead atoms. The predicted octanol–water partition coefficient (Wildman–Crippen LogP) is 2.53. The minimum atomic E-state index is -1.01. The van der Waals surface area contributed by atoms with E-state index in [1.807, 2.05) is 44.7 Å². The van der Waals surface area contributed by atoms with Crippen LogP contribution in [0, 0.1) is 6.92 Å². The summed E-state index contributed by atoms with van der Waals surface area (Å²) >= 11 is 0. The van der Waals surface area contributed by atoms with Crippen LogP contribution in [0.5, 0.6) is 0 Å². The van der Waals surface area contributed by atoms with E-state index >= 15 is 0 Å². The lowest BCUT2D eigenvalue weighted by atomic mass is 9.83. The Balaban J connectivity index is 1.79. The minimum Gasteiger partial charge on any atom is -0.444 e. The van der Waals surface area contributed by atoms with E-state index in [2.05, 4.69) is 10.2 Å². The van der Waals surface area contributed by atoms with Crippen LogP contribution < -0.4 is 0 Å². The number of aromatic nitrogens is 2. The van der Waals surface area contributed by atoms with E-state index in [-0.39, 0.29) is 18.2 Å². The van der Waals surface area contributed by atoms with Gasteiger partial charge in [0.05, 0.1) is 11.4 Å². The number of carbonyl (C=O) groups is 1. The standard InChI is InChI=1S/C17H25N3O3/c1-11-5-8-14(19-18-11)17(22)9-12-6-7-13(10-17)20(12)15(21)23-16(2,3)4/h5,8,12-13,22H,6-7,9-10H2,1-4H3. The Morgan fingerprint density at radius 3 is 2.35 bits per heavy atom. The van der Waals surface area contributed by atoms with Crippen molar-refractivity contribution in [3.63, 3.8) is 0 Å². The van der Waals surface area contributed by atoms with E-state index in [9.17, 15) is 9.90 Å². The predicted molar refractivity (Wildman–Crippen MR) is 84.8 cm³/mol. The Labute approximate surface area is 136 Å². The summed E-state index contributed by atoms with van der Waals surface area (Å²) in [6, 6.07) is 3.70. The van der Waals surface area contributed by atoms with Crippen LogP contribution in [0.1, 0.15) is 57.8 Å². The molecule has 2 atom stereocenters. The molecule has 1 aromatic heterocycles. The number of aliphatic hydroxyl groups is 1. The molecule has 3 rings (SSSR count). The topological polar surface area (TPSA) is 75.5 Å². The zero-order valence-corrected chi connectivity index (χ0v) is 14.2. The molecule has 1 N–H and O–H groups in total. The van der Waals surface area contributed by atoms with Crippen LogP contribution in [0.25, 0.3) is 0 Å². The van der Waals surface area contributed by atoms with E-state index < -0.39 is 11.2 Å². The molecule has 2 aliphatic rings. The number of hydrogen-bond acceptors (Lipinski definition) is 5. The molecular formula is C17H25N3O3. The molecule has 3 heterocycles. The lowest BCUT2D eigenvalue weighted by molar-refractivity contribution is -0.0651. The summed E-state index contributed by atoms with van der Waals surface area (Å²) in [5.41, 5.74) is -0.0899. The third kappa shape index (κ3) is 3.17. The van der Waals surface area contributed by atoms with Crippen molar-refractivity contribution in [3.05, 3.63) is 23.5 Å². The van der Waals surface area contributed by atoms with Crippen LogP contribution in [0.2, 0.25) is 0 Å². The summed E-state index contributed by atoms with van der Waals surface area (Å²) < 4.78 is 5.53. The molecule has 0 saturated carbocycles. The Morgan fingerprint density at radius 1 is 1.26 bits per heavy atom. The second kappa shape index (κ2) is 5.44. The summed E-state index contributed by atoms with van der Waals surface area (Å²) in [5.74, 6) is 0. The van der Waals surface area contributed by atoms with Gasteiger partial charge in [-0.05, 0) is 52.7 Å². The van der Waals surface area contributed by atoms with Crippen molar-refractivity contribution in [1.29, 1.82) is 0 Å². The molecule has 0 aliphatic carbocycles. The van der Waals surface area contributed by atoms with Crippen molar-refractivity contribution in [2.75, 3.05) is 0 Å². The highest BCUT2D eigenvalue weighted by Gasteiger charge is 2.51. The van der Waals surface area contributed by atoms with Gasteiger partial charge in [-0.2, -0.15) is 10.2 Å². The molecule has 0 spiro atoms. The number of nitrogens with zero attached hydrogens (tertiary/aromatic N) is 3. The number of carbonyl (C=O) groups excluding carboxylic acids is 1. The van der Waals surface area contributed by atoms with Gasteiger partial charge in [-0.1, -0.05) is 0 Å². The van der Waals surface area contributed by atoms with Crippen LogP contribution >= 0.6 is 0 Å². The third-order valence-corrected chi connectivity index (χ3v) is 4.65. The molecule has 2 saturated heterocycles. The number of hydrogen-bond donors (Lipinski definition) is 1. The second-order valence-electron chi connectivity index (χ2n) is 7.77. The lowest BCUT2D eigenvalue weighted by Crippen LogP contribution is -2.53. The van der Waals surface area contributed by atoms with Gasteiger partial charge in [0, 0.05) is 24.9 Å². The molecule has 1 aromatic rings. The first-order valence-corrected chi connectivity index (χ1v) is 8.22. The maximum absolute atomic E-state index is 12.5. The maximum Gasteiger partial charge on any atom is 0.410 e. The number of amides is 1. The van der Waals surface area contributed by atoms with E-state index in [0.29, 0.717) is 18.5 Å². The molecule has 2 aliphatic heterocycles. The van der Waals surface area contributed by atoms with Gasteiger partial charge in [0.2, 0.25) is 0 Å². The first kappa shape index (κ1) is 16.2. The molecule has 6 heteroatoms. The maximum atomic E-state index is 12.5. The highest BCUT2D eigenvalue weighted by atomic mass is 16.6. The lowest BCUT2D eigenvalue weighted by Gasteiger charge is -2.43. The molecule has 2 fully saturated rings. The largest absolute Gasteiger partial charge is 0.444 e. The normalized spacial score (nSPS) is 30.4. The molecule has 0 aromatic carbocycles. The number of rotatable bonds is 1. The summed E-state index contributed by atoms with van der Waals surface area (Å²) in [7, 11) is 0. The van der Waals surface area contributed by atoms with Gasteiger partial charge in [-0.3, -0.25) is 0 Å². The Kier molecular flexibility index (Phi) is 3.83. The van der Waals surface area contributed by atoms with E-state index in [0.717, 1.165) is 18.5 Å². The van der Waals surface area contributed by atoms with Crippen molar-refractivity contribution < 1.29 is 14.6 Å². The molecule has 6 nitrogen and oxygen atoms in total. The van der Waals surface area contributed by atoms with Crippen LogP contribution in [0.4, 0.5) is 4.79 Å². The van der Waals surface area contributed by atoms with Gasteiger partial charge in [-0.15, -0.1) is 0 Å². The van der Waals surface area contributed by atoms with Crippen molar-refractivity contribution in [2.45, 2.75) is 76.7 Å². The molecular weight excluding hydrogens is 294 g/mol.